The Morgan fingerprint density at radius 1 is 1.14 bits per heavy atom. The van der Waals surface area contributed by atoms with E-state index in [0.717, 1.165) is 17.2 Å². The van der Waals surface area contributed by atoms with Crippen LogP contribution < -0.4 is 5.32 Å². The first-order valence-electron chi connectivity index (χ1n) is 6.94. The quantitative estimate of drug-likeness (QED) is 0.767. The summed E-state index contributed by atoms with van der Waals surface area (Å²) in [7, 11) is 0. The van der Waals surface area contributed by atoms with Crippen LogP contribution in [0.1, 0.15) is 24.5 Å². The second kappa shape index (κ2) is 4.97. The molecule has 1 fully saturated rings. The molecule has 1 aliphatic carbocycles. The number of anilines is 2. The van der Waals surface area contributed by atoms with Crippen LogP contribution in [0.15, 0.2) is 42.9 Å². The largest absolute Gasteiger partial charge is 0.323 e. The average molecular weight is 278 g/mol. The summed E-state index contributed by atoms with van der Waals surface area (Å²) >= 11 is 0. The number of hydrogen-bond donors (Lipinski definition) is 2. The molecule has 2 N–H and O–H groups in total. The van der Waals surface area contributed by atoms with E-state index < -0.39 is 0 Å². The molecule has 21 heavy (non-hydrogen) atoms. The lowest BCUT2D eigenvalue weighted by molar-refractivity contribution is 0.966. The fourth-order valence-electron chi connectivity index (χ4n) is 2.20. The average Bonchev–Trinajstić information content (AvgIpc) is 3.29. The third-order valence-corrected chi connectivity index (χ3v) is 3.45. The molecular formula is C15H14N6. The normalized spacial score (nSPS) is 14.1. The van der Waals surface area contributed by atoms with E-state index in [1.807, 2.05) is 24.3 Å². The van der Waals surface area contributed by atoms with Gasteiger partial charge in [-0.15, -0.1) is 0 Å². The zero-order chi connectivity index (χ0) is 14.1. The van der Waals surface area contributed by atoms with Gasteiger partial charge >= 0.3 is 0 Å². The monoisotopic (exact) mass is 278 g/mol. The van der Waals surface area contributed by atoms with Crippen molar-refractivity contribution in [3.05, 3.63) is 48.5 Å². The van der Waals surface area contributed by atoms with Gasteiger partial charge in [-0.05, 0) is 31.0 Å². The van der Waals surface area contributed by atoms with Crippen LogP contribution in [0.3, 0.4) is 0 Å². The van der Waals surface area contributed by atoms with Crippen LogP contribution in [0.5, 0.6) is 0 Å². The fraction of sp³-hybridized carbons (Fsp3) is 0.200. The van der Waals surface area contributed by atoms with Crippen LogP contribution in [0, 0.1) is 0 Å². The van der Waals surface area contributed by atoms with Crippen LogP contribution in [0.25, 0.3) is 11.4 Å². The van der Waals surface area contributed by atoms with E-state index in [1.54, 1.807) is 18.6 Å². The van der Waals surface area contributed by atoms with Crippen molar-refractivity contribution in [1.82, 2.24) is 25.1 Å². The number of hydrogen-bond acceptors (Lipinski definition) is 5. The van der Waals surface area contributed by atoms with Gasteiger partial charge in [0.2, 0.25) is 0 Å². The van der Waals surface area contributed by atoms with E-state index in [-0.39, 0.29) is 0 Å². The van der Waals surface area contributed by atoms with Gasteiger partial charge in [-0.1, -0.05) is 0 Å². The number of aromatic nitrogens is 5. The van der Waals surface area contributed by atoms with Crippen LogP contribution >= 0.6 is 0 Å². The van der Waals surface area contributed by atoms with E-state index in [9.17, 15) is 0 Å². The topological polar surface area (TPSA) is 79.4 Å². The highest BCUT2D eigenvalue weighted by Gasteiger charge is 2.25. The van der Waals surface area contributed by atoms with E-state index in [2.05, 4.69) is 30.5 Å². The van der Waals surface area contributed by atoms with Crippen LogP contribution in [0.4, 0.5) is 11.6 Å². The first-order valence-corrected chi connectivity index (χ1v) is 6.94. The van der Waals surface area contributed by atoms with Gasteiger partial charge in [0.1, 0.15) is 5.82 Å². The van der Waals surface area contributed by atoms with Gasteiger partial charge in [0.25, 0.3) is 0 Å². The Morgan fingerprint density at radius 2 is 2.10 bits per heavy atom. The summed E-state index contributed by atoms with van der Waals surface area (Å²) in [5, 5.41) is 10.5. The molecule has 0 aromatic carbocycles. The Bertz CT molecular complexity index is 748. The number of H-pyrrole nitrogens is 1. The van der Waals surface area contributed by atoms with Gasteiger partial charge in [0.05, 0.1) is 0 Å². The van der Waals surface area contributed by atoms with Gasteiger partial charge in [-0.25, -0.2) is 9.97 Å². The summed E-state index contributed by atoms with van der Waals surface area (Å²) in [5.41, 5.74) is 2.08. The molecule has 0 bridgehead atoms. The van der Waals surface area contributed by atoms with E-state index >= 15 is 0 Å². The summed E-state index contributed by atoms with van der Waals surface area (Å²) in [6, 6.07) is 7.68. The number of aromatic amines is 1. The summed E-state index contributed by atoms with van der Waals surface area (Å²) in [6.45, 7) is 0. The highest BCUT2D eigenvalue weighted by Crippen LogP contribution is 2.39. The first kappa shape index (κ1) is 12.0. The highest BCUT2D eigenvalue weighted by molar-refractivity contribution is 5.58. The summed E-state index contributed by atoms with van der Waals surface area (Å²) in [4.78, 5) is 12.9. The molecule has 3 heterocycles. The maximum atomic E-state index is 4.49. The van der Waals surface area contributed by atoms with Crippen LogP contribution in [-0.2, 0) is 0 Å². The van der Waals surface area contributed by atoms with Crippen LogP contribution in [-0.4, -0.2) is 25.1 Å². The molecule has 1 aliphatic rings. The molecule has 0 unspecified atom stereocenters. The van der Waals surface area contributed by atoms with Crippen molar-refractivity contribution in [2.24, 2.45) is 0 Å². The van der Waals surface area contributed by atoms with Crippen molar-refractivity contribution >= 4 is 11.6 Å². The van der Waals surface area contributed by atoms with Gasteiger partial charge in [-0.2, -0.15) is 5.10 Å². The zero-order valence-electron chi connectivity index (χ0n) is 11.3. The minimum atomic E-state index is 0.644. The molecule has 3 aromatic heterocycles. The zero-order valence-corrected chi connectivity index (χ0v) is 11.3. The molecule has 4 rings (SSSR count). The van der Waals surface area contributed by atoms with Gasteiger partial charge in [0.15, 0.2) is 11.6 Å². The Morgan fingerprint density at radius 3 is 2.90 bits per heavy atom. The first-order chi connectivity index (χ1) is 10.4. The Balaban J connectivity index is 1.57. The third kappa shape index (κ3) is 2.60. The molecular weight excluding hydrogens is 264 g/mol. The molecule has 0 saturated heterocycles. The van der Waals surface area contributed by atoms with Crippen molar-refractivity contribution in [1.29, 1.82) is 0 Å². The maximum Gasteiger partial charge on any atom is 0.163 e. The molecule has 104 valence electrons. The third-order valence-electron chi connectivity index (χ3n) is 3.45. The summed E-state index contributed by atoms with van der Waals surface area (Å²) in [5.74, 6) is 2.81. The van der Waals surface area contributed by atoms with Crippen molar-refractivity contribution in [3.8, 4) is 11.4 Å². The van der Waals surface area contributed by atoms with Crippen molar-refractivity contribution in [2.75, 3.05) is 5.32 Å². The lowest BCUT2D eigenvalue weighted by Gasteiger charge is -2.04. The summed E-state index contributed by atoms with van der Waals surface area (Å²) < 4.78 is 0. The second-order valence-corrected chi connectivity index (χ2v) is 5.11. The molecule has 0 amide bonds. The lowest BCUT2D eigenvalue weighted by Crippen LogP contribution is -1.97. The SMILES string of the molecule is c1cncc(-c2nccc(Nc3cc(C4CC4)[nH]n3)n2)c1. The fourth-order valence-corrected chi connectivity index (χ4v) is 2.20. The number of rotatable bonds is 4. The van der Waals surface area contributed by atoms with E-state index in [1.165, 1.54) is 18.5 Å². The molecule has 0 spiro atoms. The number of nitrogens with one attached hydrogen (secondary N) is 2. The standard InChI is InChI=1S/C15H14N6/c1-2-11(9-16-6-1)15-17-7-5-13(19-15)18-14-8-12(20-21-14)10-3-4-10/h1-2,5-10H,3-4H2,(H2,17,18,19,20,21). The lowest BCUT2D eigenvalue weighted by atomic mass is 10.2. The maximum absolute atomic E-state index is 4.49. The highest BCUT2D eigenvalue weighted by atomic mass is 15.2. The van der Waals surface area contributed by atoms with E-state index in [4.69, 9.17) is 0 Å². The number of pyridine rings is 1. The molecule has 6 heteroatoms. The van der Waals surface area contributed by atoms with Gasteiger partial charge < -0.3 is 5.32 Å². The minimum Gasteiger partial charge on any atom is -0.323 e. The Hall–Kier alpha value is -2.76. The molecule has 1 saturated carbocycles. The van der Waals surface area contributed by atoms with Gasteiger partial charge in [0, 0.05) is 41.8 Å². The minimum absolute atomic E-state index is 0.644. The van der Waals surface area contributed by atoms with Crippen molar-refractivity contribution in [2.45, 2.75) is 18.8 Å². The second-order valence-electron chi connectivity index (χ2n) is 5.11. The van der Waals surface area contributed by atoms with E-state index in [0.29, 0.717) is 11.7 Å². The molecule has 3 aromatic rings. The predicted octanol–water partition coefficient (Wildman–Crippen LogP) is 2.88. The summed E-state index contributed by atoms with van der Waals surface area (Å²) in [6.07, 6.45) is 7.71. The Kier molecular flexibility index (Phi) is 2.85. The molecule has 0 atom stereocenters. The Labute approximate surface area is 121 Å². The van der Waals surface area contributed by atoms with Crippen molar-refractivity contribution < 1.29 is 0 Å². The molecule has 0 aliphatic heterocycles. The molecule has 0 radical (unpaired) electrons. The number of nitrogens with zero attached hydrogens (tertiary/aromatic N) is 4. The van der Waals surface area contributed by atoms with Crippen molar-refractivity contribution in [3.63, 3.8) is 0 Å². The predicted molar refractivity (Wildman–Crippen MR) is 79.1 cm³/mol. The smallest absolute Gasteiger partial charge is 0.163 e. The van der Waals surface area contributed by atoms with Gasteiger partial charge in [-0.3, -0.25) is 10.1 Å². The molecule has 6 nitrogen and oxygen atoms in total. The van der Waals surface area contributed by atoms with Crippen LogP contribution in [0.2, 0.25) is 0 Å².